The number of carbonyl (C=O) groups excluding carboxylic acids is 1. The maximum absolute atomic E-state index is 13.3. The second kappa shape index (κ2) is 8.15. The molecule has 0 fully saturated rings. The van der Waals surface area contributed by atoms with E-state index in [2.05, 4.69) is 5.10 Å². The number of nitrogens with zero attached hydrogens (tertiary/aromatic N) is 3. The summed E-state index contributed by atoms with van der Waals surface area (Å²) < 4.78 is 1.40. The van der Waals surface area contributed by atoms with Crippen molar-refractivity contribution in [3.8, 4) is 0 Å². The number of carbonyl (C=O) groups is 1. The van der Waals surface area contributed by atoms with Crippen LogP contribution in [0.25, 0.3) is 10.8 Å². The van der Waals surface area contributed by atoms with Crippen LogP contribution in [0.2, 0.25) is 5.02 Å². The van der Waals surface area contributed by atoms with E-state index in [-0.39, 0.29) is 23.4 Å². The fourth-order valence-corrected chi connectivity index (χ4v) is 3.30. The van der Waals surface area contributed by atoms with Crippen LogP contribution in [-0.2, 0) is 6.54 Å². The van der Waals surface area contributed by atoms with Crippen LogP contribution in [-0.4, -0.2) is 27.6 Å². The molecular weight excluding hydrogens is 374 g/mol. The van der Waals surface area contributed by atoms with Crippen LogP contribution in [0.5, 0.6) is 0 Å². The number of amides is 1. The van der Waals surface area contributed by atoms with Crippen molar-refractivity contribution in [1.82, 2.24) is 14.7 Å². The SMILES string of the molecule is CC(C)Cn1nc(C(=O)N(C)C(C)c2ccc(Cl)cc2)c2ccccc2c1=O. The first kappa shape index (κ1) is 20.1. The summed E-state index contributed by atoms with van der Waals surface area (Å²) in [5, 5.41) is 6.18. The van der Waals surface area contributed by atoms with Crippen LogP contribution in [0.15, 0.2) is 53.3 Å². The highest BCUT2D eigenvalue weighted by Gasteiger charge is 2.24. The van der Waals surface area contributed by atoms with Gasteiger partial charge in [-0.1, -0.05) is 55.8 Å². The largest absolute Gasteiger partial charge is 0.334 e. The Morgan fingerprint density at radius 3 is 2.29 bits per heavy atom. The first-order chi connectivity index (χ1) is 13.3. The van der Waals surface area contributed by atoms with Gasteiger partial charge in [-0.15, -0.1) is 0 Å². The quantitative estimate of drug-likeness (QED) is 0.635. The van der Waals surface area contributed by atoms with E-state index in [0.29, 0.717) is 28.0 Å². The van der Waals surface area contributed by atoms with Gasteiger partial charge in [-0.2, -0.15) is 5.10 Å². The van der Waals surface area contributed by atoms with E-state index in [1.807, 2.05) is 51.1 Å². The van der Waals surface area contributed by atoms with Gasteiger partial charge in [0.1, 0.15) is 0 Å². The number of hydrogen-bond donors (Lipinski definition) is 0. The molecule has 3 rings (SSSR count). The van der Waals surface area contributed by atoms with Crippen molar-refractivity contribution in [2.45, 2.75) is 33.4 Å². The third-order valence-electron chi connectivity index (χ3n) is 4.86. The van der Waals surface area contributed by atoms with Crippen LogP contribution in [0.3, 0.4) is 0 Å². The predicted octanol–water partition coefficient (Wildman–Crippen LogP) is 4.54. The van der Waals surface area contributed by atoms with E-state index in [0.717, 1.165) is 5.56 Å². The summed E-state index contributed by atoms with van der Waals surface area (Å²) in [6.07, 6.45) is 0. The third kappa shape index (κ3) is 3.94. The minimum atomic E-state index is -0.226. The average molecular weight is 398 g/mol. The van der Waals surface area contributed by atoms with Crippen LogP contribution < -0.4 is 5.56 Å². The Balaban J connectivity index is 2.06. The summed E-state index contributed by atoms with van der Waals surface area (Å²) in [5.41, 5.74) is 1.09. The topological polar surface area (TPSA) is 55.2 Å². The summed E-state index contributed by atoms with van der Waals surface area (Å²) in [4.78, 5) is 27.7. The Morgan fingerprint density at radius 2 is 1.68 bits per heavy atom. The van der Waals surface area contributed by atoms with Gasteiger partial charge < -0.3 is 4.90 Å². The van der Waals surface area contributed by atoms with E-state index in [4.69, 9.17) is 11.6 Å². The van der Waals surface area contributed by atoms with Gasteiger partial charge in [0.25, 0.3) is 11.5 Å². The Morgan fingerprint density at radius 1 is 1.07 bits per heavy atom. The molecule has 0 radical (unpaired) electrons. The van der Waals surface area contributed by atoms with Gasteiger partial charge >= 0.3 is 0 Å². The molecule has 0 aliphatic rings. The molecule has 0 N–H and O–H groups in total. The lowest BCUT2D eigenvalue weighted by Gasteiger charge is -2.26. The highest BCUT2D eigenvalue weighted by atomic mass is 35.5. The summed E-state index contributed by atoms with van der Waals surface area (Å²) in [6, 6.07) is 14.4. The molecule has 1 heterocycles. The summed E-state index contributed by atoms with van der Waals surface area (Å²) in [7, 11) is 1.75. The molecule has 28 heavy (non-hydrogen) atoms. The lowest BCUT2D eigenvalue weighted by Crippen LogP contribution is -2.34. The van der Waals surface area contributed by atoms with Crippen LogP contribution >= 0.6 is 11.6 Å². The number of hydrogen-bond acceptors (Lipinski definition) is 3. The van der Waals surface area contributed by atoms with Crippen LogP contribution in [0.4, 0.5) is 0 Å². The van der Waals surface area contributed by atoms with Crippen molar-refractivity contribution in [3.05, 3.63) is 75.2 Å². The monoisotopic (exact) mass is 397 g/mol. The number of halogens is 1. The highest BCUT2D eigenvalue weighted by molar-refractivity contribution is 6.30. The normalized spacial score (nSPS) is 12.4. The van der Waals surface area contributed by atoms with Gasteiger partial charge in [-0.25, -0.2) is 4.68 Å². The van der Waals surface area contributed by atoms with Crippen molar-refractivity contribution in [2.24, 2.45) is 5.92 Å². The van der Waals surface area contributed by atoms with Gasteiger partial charge in [-0.3, -0.25) is 9.59 Å². The maximum Gasteiger partial charge on any atom is 0.275 e. The van der Waals surface area contributed by atoms with Crippen molar-refractivity contribution in [3.63, 3.8) is 0 Å². The molecule has 0 spiro atoms. The molecule has 1 atom stereocenters. The van der Waals surface area contributed by atoms with Crippen molar-refractivity contribution in [2.75, 3.05) is 7.05 Å². The zero-order valence-electron chi connectivity index (χ0n) is 16.5. The maximum atomic E-state index is 13.3. The lowest BCUT2D eigenvalue weighted by molar-refractivity contribution is 0.0736. The summed E-state index contributed by atoms with van der Waals surface area (Å²) >= 11 is 5.97. The third-order valence-corrected chi connectivity index (χ3v) is 5.11. The van der Waals surface area contributed by atoms with Crippen molar-refractivity contribution < 1.29 is 4.79 Å². The van der Waals surface area contributed by atoms with Crippen LogP contribution in [0.1, 0.15) is 42.9 Å². The summed E-state index contributed by atoms with van der Waals surface area (Å²) in [5.74, 6) is 0.0104. The van der Waals surface area contributed by atoms with Gasteiger partial charge in [0.2, 0.25) is 0 Å². The fraction of sp³-hybridized carbons (Fsp3) is 0.318. The van der Waals surface area contributed by atoms with Gasteiger partial charge in [0.15, 0.2) is 5.69 Å². The van der Waals surface area contributed by atoms with Crippen LogP contribution in [0, 0.1) is 5.92 Å². The molecule has 5 nitrogen and oxygen atoms in total. The zero-order valence-corrected chi connectivity index (χ0v) is 17.3. The number of rotatable bonds is 5. The lowest BCUT2D eigenvalue weighted by atomic mass is 10.1. The molecule has 1 unspecified atom stereocenters. The molecule has 3 aromatic rings. The standard InChI is InChI=1S/C22H24ClN3O2/c1-14(2)13-26-21(27)19-8-6-5-7-18(19)20(24-26)22(28)25(4)15(3)16-9-11-17(23)12-10-16/h5-12,14-15H,13H2,1-4H3. The molecule has 2 aromatic carbocycles. The molecular formula is C22H24ClN3O2. The molecule has 6 heteroatoms. The molecule has 146 valence electrons. The second-order valence-corrected chi connectivity index (χ2v) is 7.86. The van der Waals surface area contributed by atoms with E-state index in [1.165, 1.54) is 4.68 Å². The minimum absolute atomic E-state index is 0.171. The Hall–Kier alpha value is -2.66. The van der Waals surface area contributed by atoms with E-state index >= 15 is 0 Å². The zero-order chi connectivity index (χ0) is 20.4. The van der Waals surface area contributed by atoms with Crippen molar-refractivity contribution in [1.29, 1.82) is 0 Å². The second-order valence-electron chi connectivity index (χ2n) is 7.42. The first-order valence-corrected chi connectivity index (χ1v) is 9.70. The Kier molecular flexibility index (Phi) is 5.84. The number of benzene rings is 2. The molecule has 0 bridgehead atoms. The van der Waals surface area contributed by atoms with E-state index in [1.54, 1.807) is 30.1 Å². The molecule has 1 aromatic heterocycles. The molecule has 0 aliphatic heterocycles. The van der Waals surface area contributed by atoms with E-state index in [9.17, 15) is 9.59 Å². The average Bonchev–Trinajstić information content (AvgIpc) is 2.69. The Bertz CT molecular complexity index is 1060. The van der Waals surface area contributed by atoms with E-state index < -0.39 is 0 Å². The molecule has 0 saturated carbocycles. The molecule has 1 amide bonds. The molecule has 0 saturated heterocycles. The molecule has 0 aliphatic carbocycles. The highest BCUT2D eigenvalue weighted by Crippen LogP contribution is 2.24. The van der Waals surface area contributed by atoms with Gasteiger partial charge in [-0.05, 0) is 36.6 Å². The number of fused-ring (bicyclic) bond motifs is 1. The fourth-order valence-electron chi connectivity index (χ4n) is 3.17. The van der Waals surface area contributed by atoms with Gasteiger partial charge in [0, 0.05) is 24.0 Å². The predicted molar refractivity (Wildman–Crippen MR) is 113 cm³/mol. The first-order valence-electron chi connectivity index (χ1n) is 9.32. The van der Waals surface area contributed by atoms with Gasteiger partial charge in [0.05, 0.1) is 11.4 Å². The van der Waals surface area contributed by atoms with Crippen molar-refractivity contribution >= 4 is 28.3 Å². The smallest absolute Gasteiger partial charge is 0.275 e. The minimum Gasteiger partial charge on any atom is -0.334 e. The summed E-state index contributed by atoms with van der Waals surface area (Å²) in [6.45, 7) is 6.44. The Labute approximate surface area is 169 Å². The number of aromatic nitrogens is 2.